The van der Waals surface area contributed by atoms with Crippen LogP contribution < -0.4 is 5.32 Å². The van der Waals surface area contributed by atoms with E-state index in [0.29, 0.717) is 19.8 Å². The van der Waals surface area contributed by atoms with Gasteiger partial charge in [0.1, 0.15) is 0 Å². The third-order valence-electron chi connectivity index (χ3n) is 3.48. The summed E-state index contributed by atoms with van der Waals surface area (Å²) in [7, 11) is 0. The van der Waals surface area contributed by atoms with Crippen LogP contribution in [0, 0.1) is 0 Å². The molecular weight excluding hydrogens is 262 g/mol. The molecule has 0 aliphatic heterocycles. The lowest BCUT2D eigenvalue weighted by Crippen LogP contribution is -2.45. The second-order valence-corrected chi connectivity index (χ2v) is 6.15. The van der Waals surface area contributed by atoms with Gasteiger partial charge < -0.3 is 20.3 Å². The van der Waals surface area contributed by atoms with Crippen molar-refractivity contribution in [3.8, 4) is 0 Å². The van der Waals surface area contributed by atoms with Crippen LogP contribution in [-0.4, -0.2) is 41.6 Å². The highest BCUT2D eigenvalue weighted by atomic mass is 32.1. The van der Waals surface area contributed by atoms with Crippen molar-refractivity contribution in [1.29, 1.82) is 0 Å². The molecule has 5 heteroatoms. The first-order valence-electron chi connectivity index (χ1n) is 6.95. The molecule has 0 radical (unpaired) electrons. The molecule has 3 atom stereocenters. The van der Waals surface area contributed by atoms with Crippen LogP contribution in [0.15, 0.2) is 17.5 Å². The Kier molecular flexibility index (Phi) is 6.26. The van der Waals surface area contributed by atoms with Crippen LogP contribution in [-0.2, 0) is 11.3 Å². The highest BCUT2D eigenvalue weighted by Gasteiger charge is 2.22. The zero-order valence-electron chi connectivity index (χ0n) is 11.1. The van der Waals surface area contributed by atoms with Crippen molar-refractivity contribution in [1.82, 2.24) is 5.32 Å². The average molecular weight is 285 g/mol. The lowest BCUT2D eigenvalue weighted by Gasteiger charge is -2.29. The van der Waals surface area contributed by atoms with Gasteiger partial charge in [-0.2, -0.15) is 0 Å². The van der Waals surface area contributed by atoms with Crippen LogP contribution in [0.4, 0.5) is 0 Å². The summed E-state index contributed by atoms with van der Waals surface area (Å²) in [4.78, 5) is 1.17. The maximum Gasteiger partial charge on any atom is 0.0897 e. The van der Waals surface area contributed by atoms with Gasteiger partial charge in [-0.15, -0.1) is 11.3 Å². The Hall–Kier alpha value is -0.460. The molecule has 1 aliphatic carbocycles. The molecule has 2 rings (SSSR count). The molecule has 1 heterocycles. The largest absolute Gasteiger partial charge is 0.392 e. The van der Waals surface area contributed by atoms with Crippen LogP contribution in [0.3, 0.4) is 0 Å². The van der Waals surface area contributed by atoms with Crippen LogP contribution in [0.1, 0.15) is 30.6 Å². The predicted octanol–water partition coefficient (Wildman–Crippen LogP) is 1.52. The van der Waals surface area contributed by atoms with Gasteiger partial charge in [0.2, 0.25) is 0 Å². The van der Waals surface area contributed by atoms with Crippen LogP contribution in [0.5, 0.6) is 0 Å². The summed E-state index contributed by atoms with van der Waals surface area (Å²) in [5.74, 6) is 0. The Balaban J connectivity index is 1.57. The Labute approximate surface area is 118 Å². The van der Waals surface area contributed by atoms with Crippen LogP contribution >= 0.6 is 11.3 Å². The fourth-order valence-corrected chi connectivity index (χ4v) is 3.03. The molecule has 0 spiro atoms. The smallest absolute Gasteiger partial charge is 0.0897 e. The summed E-state index contributed by atoms with van der Waals surface area (Å²) in [5.41, 5.74) is 0. The van der Waals surface area contributed by atoms with E-state index in [4.69, 9.17) is 4.74 Å². The third-order valence-corrected chi connectivity index (χ3v) is 4.33. The summed E-state index contributed by atoms with van der Waals surface area (Å²) in [6.07, 6.45) is 3.32. The molecule has 1 aromatic rings. The molecule has 4 nitrogen and oxygen atoms in total. The molecule has 1 aliphatic rings. The standard InChI is InChI=1S/C14H23NO3S/c16-11(9-18-10-12-4-3-7-19-12)8-15-13-5-1-2-6-14(13)17/h3-4,7,11,13-17H,1-2,5-6,8-10H2. The molecule has 0 amide bonds. The molecule has 0 bridgehead atoms. The van der Waals surface area contributed by atoms with E-state index in [0.717, 1.165) is 25.7 Å². The monoisotopic (exact) mass is 285 g/mol. The van der Waals surface area contributed by atoms with Crippen molar-refractivity contribution in [2.75, 3.05) is 13.2 Å². The van der Waals surface area contributed by atoms with Gasteiger partial charge in [0.05, 0.1) is 25.4 Å². The van der Waals surface area contributed by atoms with Gasteiger partial charge in [0.25, 0.3) is 0 Å². The molecular formula is C14H23NO3S. The SMILES string of the molecule is OC(CNC1CCCCC1O)COCc1cccs1. The van der Waals surface area contributed by atoms with E-state index >= 15 is 0 Å². The Morgan fingerprint density at radius 1 is 1.42 bits per heavy atom. The number of hydrogen-bond acceptors (Lipinski definition) is 5. The first-order valence-corrected chi connectivity index (χ1v) is 7.83. The maximum absolute atomic E-state index is 9.83. The molecule has 108 valence electrons. The van der Waals surface area contributed by atoms with Crippen molar-refractivity contribution in [2.24, 2.45) is 0 Å². The van der Waals surface area contributed by atoms with Gasteiger partial charge in [-0.3, -0.25) is 0 Å². The fourth-order valence-electron chi connectivity index (χ4n) is 2.39. The van der Waals surface area contributed by atoms with Crippen molar-refractivity contribution >= 4 is 11.3 Å². The zero-order chi connectivity index (χ0) is 13.5. The average Bonchev–Trinajstić information content (AvgIpc) is 2.91. The van der Waals surface area contributed by atoms with Gasteiger partial charge >= 0.3 is 0 Å². The molecule has 3 N–H and O–H groups in total. The first-order chi connectivity index (χ1) is 9.25. The minimum atomic E-state index is -0.519. The van der Waals surface area contributed by atoms with Gasteiger partial charge in [0, 0.05) is 17.5 Å². The summed E-state index contributed by atoms with van der Waals surface area (Å²) in [6.45, 7) is 1.36. The van der Waals surface area contributed by atoms with E-state index in [1.54, 1.807) is 11.3 Å². The highest BCUT2D eigenvalue weighted by molar-refractivity contribution is 7.09. The summed E-state index contributed by atoms with van der Waals surface area (Å²) in [5, 5.41) is 24.9. The molecule has 1 aromatic heterocycles. The summed E-state index contributed by atoms with van der Waals surface area (Å²) >= 11 is 1.66. The van der Waals surface area contributed by atoms with E-state index < -0.39 is 6.10 Å². The maximum atomic E-state index is 9.83. The number of aliphatic hydroxyl groups is 2. The van der Waals surface area contributed by atoms with Crippen LogP contribution in [0.25, 0.3) is 0 Å². The van der Waals surface area contributed by atoms with E-state index in [1.807, 2.05) is 17.5 Å². The van der Waals surface area contributed by atoms with Crippen molar-refractivity contribution in [3.05, 3.63) is 22.4 Å². The van der Waals surface area contributed by atoms with E-state index in [1.165, 1.54) is 4.88 Å². The van der Waals surface area contributed by atoms with Gasteiger partial charge in [-0.1, -0.05) is 18.9 Å². The second kappa shape index (κ2) is 7.97. The summed E-state index contributed by atoms with van der Waals surface area (Å²) < 4.78 is 5.46. The lowest BCUT2D eigenvalue weighted by atomic mass is 9.92. The topological polar surface area (TPSA) is 61.7 Å². The minimum Gasteiger partial charge on any atom is -0.392 e. The number of nitrogens with one attached hydrogen (secondary N) is 1. The van der Waals surface area contributed by atoms with Crippen LogP contribution in [0.2, 0.25) is 0 Å². The van der Waals surface area contributed by atoms with Gasteiger partial charge in [-0.25, -0.2) is 0 Å². The quantitative estimate of drug-likeness (QED) is 0.711. The zero-order valence-corrected chi connectivity index (χ0v) is 11.9. The fraction of sp³-hybridized carbons (Fsp3) is 0.714. The first kappa shape index (κ1) is 14.9. The van der Waals surface area contributed by atoms with E-state index in [2.05, 4.69) is 5.32 Å². The van der Waals surface area contributed by atoms with Crippen molar-refractivity contribution in [2.45, 2.75) is 50.5 Å². The third kappa shape index (κ3) is 5.20. The molecule has 0 saturated heterocycles. The van der Waals surface area contributed by atoms with Gasteiger partial charge in [-0.05, 0) is 24.3 Å². The molecule has 19 heavy (non-hydrogen) atoms. The number of aliphatic hydroxyl groups excluding tert-OH is 2. The molecule has 3 unspecified atom stereocenters. The Bertz CT molecular complexity index is 344. The van der Waals surface area contributed by atoms with Gasteiger partial charge in [0.15, 0.2) is 0 Å². The number of hydrogen-bond donors (Lipinski definition) is 3. The Morgan fingerprint density at radius 2 is 2.26 bits per heavy atom. The normalized spacial score (nSPS) is 25.4. The number of ether oxygens (including phenoxy) is 1. The highest BCUT2D eigenvalue weighted by Crippen LogP contribution is 2.18. The molecule has 1 saturated carbocycles. The molecule has 1 fully saturated rings. The van der Waals surface area contributed by atoms with E-state index in [9.17, 15) is 10.2 Å². The minimum absolute atomic E-state index is 0.126. The van der Waals surface area contributed by atoms with Crippen molar-refractivity contribution < 1.29 is 14.9 Å². The lowest BCUT2D eigenvalue weighted by molar-refractivity contribution is 0.0216. The number of rotatable bonds is 7. The van der Waals surface area contributed by atoms with Crippen molar-refractivity contribution in [3.63, 3.8) is 0 Å². The Morgan fingerprint density at radius 3 is 3.00 bits per heavy atom. The molecule has 0 aromatic carbocycles. The predicted molar refractivity (Wildman–Crippen MR) is 76.2 cm³/mol. The van der Waals surface area contributed by atoms with E-state index in [-0.39, 0.29) is 12.1 Å². The second-order valence-electron chi connectivity index (χ2n) is 5.11. The number of thiophene rings is 1. The summed E-state index contributed by atoms with van der Waals surface area (Å²) in [6, 6.07) is 4.14.